The van der Waals surface area contributed by atoms with Gasteiger partial charge in [0.15, 0.2) is 0 Å². The Morgan fingerprint density at radius 2 is 1.75 bits per heavy atom. The van der Waals surface area contributed by atoms with Gasteiger partial charge in [-0.3, -0.25) is 4.98 Å². The molecule has 3 nitrogen and oxygen atoms in total. The molecule has 104 valence electrons. The Morgan fingerprint density at radius 3 is 2.55 bits per heavy atom. The number of nitrogens with one attached hydrogen (secondary N) is 1. The second-order valence-corrected chi connectivity index (χ2v) is 4.10. The van der Waals surface area contributed by atoms with Crippen molar-refractivity contribution in [2.24, 2.45) is 0 Å². The molecule has 0 bridgehead atoms. The lowest BCUT2D eigenvalue weighted by Gasteiger charge is -2.08. The van der Waals surface area contributed by atoms with Gasteiger partial charge >= 0.3 is 0 Å². The van der Waals surface area contributed by atoms with Crippen LogP contribution in [-0.4, -0.2) is 9.97 Å². The monoisotopic (exact) mass is 395 g/mol. The number of nitrogens with zero attached hydrogens (tertiary/aromatic N) is 2. The lowest BCUT2D eigenvalue weighted by molar-refractivity contribution is 1.09. The topological polar surface area (TPSA) is 37.8 Å². The maximum Gasteiger partial charge on any atom is 0.134 e. The first kappa shape index (κ1) is 16.6. The number of pyridine rings is 2. The molecule has 0 unspecified atom stereocenters. The first-order chi connectivity index (χ1) is 8.93. The highest BCUT2D eigenvalue weighted by Crippen LogP contribution is 2.20. The second kappa shape index (κ2) is 7.97. The molecule has 0 aliphatic rings. The van der Waals surface area contributed by atoms with E-state index in [9.17, 15) is 0 Å². The number of benzene rings is 1. The molecule has 0 aliphatic heterocycles. The number of anilines is 1. The third-order valence-electron chi connectivity index (χ3n) is 2.86. The quantitative estimate of drug-likeness (QED) is 0.712. The van der Waals surface area contributed by atoms with Crippen molar-refractivity contribution < 1.29 is 0 Å². The summed E-state index contributed by atoms with van der Waals surface area (Å²) in [5, 5.41) is 5.69. The van der Waals surface area contributed by atoms with Crippen LogP contribution in [0.4, 0.5) is 5.82 Å². The molecule has 0 atom stereocenters. The predicted octanol–water partition coefficient (Wildman–Crippen LogP) is 4.40. The van der Waals surface area contributed by atoms with E-state index in [0.29, 0.717) is 0 Å². The first-order valence-electron chi connectivity index (χ1n) is 5.90. The third kappa shape index (κ3) is 3.77. The molecule has 1 aromatic carbocycles. The number of aromatic nitrogens is 2. The molecule has 0 radical (unpaired) electrons. The van der Waals surface area contributed by atoms with Gasteiger partial charge in [0.25, 0.3) is 0 Å². The lowest BCUT2D eigenvalue weighted by atomic mass is 10.1. The fraction of sp³-hybridized carbons (Fsp3) is 0.0667. The Bertz CT molecular complexity index is 654. The summed E-state index contributed by atoms with van der Waals surface area (Å²) in [5.41, 5.74) is 1.15. The van der Waals surface area contributed by atoms with E-state index >= 15 is 0 Å². The van der Waals surface area contributed by atoms with Gasteiger partial charge in [0.05, 0.1) is 0 Å². The summed E-state index contributed by atoms with van der Waals surface area (Å²) in [6, 6.07) is 14.2. The average molecular weight is 397 g/mol. The molecule has 2 heterocycles. The zero-order valence-corrected chi connectivity index (χ0v) is 14.1. The van der Waals surface area contributed by atoms with E-state index in [4.69, 9.17) is 0 Å². The standard InChI is InChI=1S/C15H13N3.2BrH/c1-2-6-14-13(5-1)7-9-17-15(14)18-11-12-4-3-8-16-10-12;;/h1-10H,11H2,(H,17,18);2*1H. The van der Waals surface area contributed by atoms with Gasteiger partial charge in [0, 0.05) is 30.5 Å². The minimum atomic E-state index is 0. The molecule has 5 heteroatoms. The number of hydrogen-bond acceptors (Lipinski definition) is 3. The molecule has 0 amide bonds. The van der Waals surface area contributed by atoms with Gasteiger partial charge in [-0.25, -0.2) is 4.98 Å². The van der Waals surface area contributed by atoms with Crippen molar-refractivity contribution in [2.75, 3.05) is 5.32 Å². The Kier molecular flexibility index (Phi) is 6.61. The molecule has 1 N–H and O–H groups in total. The molecular formula is C15H15Br2N3. The highest BCUT2D eigenvalue weighted by atomic mass is 79.9. The predicted molar refractivity (Wildman–Crippen MR) is 94.0 cm³/mol. The lowest BCUT2D eigenvalue weighted by Crippen LogP contribution is -2.01. The van der Waals surface area contributed by atoms with Gasteiger partial charge in [0.1, 0.15) is 5.82 Å². The van der Waals surface area contributed by atoms with Crippen molar-refractivity contribution >= 4 is 50.6 Å². The van der Waals surface area contributed by atoms with E-state index in [1.54, 1.807) is 6.20 Å². The largest absolute Gasteiger partial charge is 0.365 e. The van der Waals surface area contributed by atoms with Gasteiger partial charge in [0.2, 0.25) is 0 Å². The van der Waals surface area contributed by atoms with Crippen LogP contribution in [-0.2, 0) is 6.54 Å². The second-order valence-electron chi connectivity index (χ2n) is 4.10. The summed E-state index contributed by atoms with van der Waals surface area (Å²) in [4.78, 5) is 8.49. The van der Waals surface area contributed by atoms with E-state index in [-0.39, 0.29) is 34.0 Å². The minimum absolute atomic E-state index is 0. The smallest absolute Gasteiger partial charge is 0.134 e. The maximum atomic E-state index is 4.39. The number of rotatable bonds is 3. The van der Waals surface area contributed by atoms with Gasteiger partial charge in [-0.1, -0.05) is 30.3 Å². The fourth-order valence-corrected chi connectivity index (χ4v) is 1.95. The number of halogens is 2. The summed E-state index contributed by atoms with van der Waals surface area (Å²) < 4.78 is 0. The van der Waals surface area contributed by atoms with E-state index in [1.807, 2.05) is 42.7 Å². The third-order valence-corrected chi connectivity index (χ3v) is 2.86. The van der Waals surface area contributed by atoms with Crippen LogP contribution in [0.5, 0.6) is 0 Å². The van der Waals surface area contributed by atoms with Crippen LogP contribution in [0, 0.1) is 0 Å². The Hall–Kier alpha value is -1.46. The molecule has 3 aromatic rings. The van der Waals surface area contributed by atoms with Crippen molar-refractivity contribution in [3.63, 3.8) is 0 Å². The molecule has 0 fully saturated rings. The van der Waals surface area contributed by atoms with Gasteiger partial charge < -0.3 is 5.32 Å². The van der Waals surface area contributed by atoms with Gasteiger partial charge in [-0.05, 0) is 23.1 Å². The molecule has 3 rings (SSSR count). The molecule has 0 saturated heterocycles. The van der Waals surface area contributed by atoms with E-state index < -0.39 is 0 Å². The van der Waals surface area contributed by atoms with Crippen LogP contribution >= 0.6 is 34.0 Å². The fourth-order valence-electron chi connectivity index (χ4n) is 1.95. The summed E-state index contributed by atoms with van der Waals surface area (Å²) >= 11 is 0. The van der Waals surface area contributed by atoms with E-state index in [0.717, 1.165) is 23.3 Å². The van der Waals surface area contributed by atoms with Crippen LogP contribution < -0.4 is 5.32 Å². The molecule has 2 aromatic heterocycles. The molecule has 0 saturated carbocycles. The summed E-state index contributed by atoms with van der Waals surface area (Å²) in [6.07, 6.45) is 5.46. The Morgan fingerprint density at radius 1 is 0.900 bits per heavy atom. The SMILES string of the molecule is Br.Br.c1cncc(CNc2nccc3ccccc23)c1. The Labute approximate surface area is 139 Å². The van der Waals surface area contributed by atoms with Crippen LogP contribution in [0.2, 0.25) is 0 Å². The van der Waals surface area contributed by atoms with Crippen molar-refractivity contribution in [1.29, 1.82) is 0 Å². The summed E-state index contributed by atoms with van der Waals surface area (Å²) in [5.74, 6) is 0.914. The van der Waals surface area contributed by atoms with Crippen molar-refractivity contribution in [3.8, 4) is 0 Å². The van der Waals surface area contributed by atoms with E-state index in [1.165, 1.54) is 5.39 Å². The highest BCUT2D eigenvalue weighted by molar-refractivity contribution is 8.93. The van der Waals surface area contributed by atoms with Crippen LogP contribution in [0.25, 0.3) is 10.8 Å². The first-order valence-corrected chi connectivity index (χ1v) is 5.90. The number of hydrogen-bond donors (Lipinski definition) is 1. The van der Waals surface area contributed by atoms with E-state index in [2.05, 4.69) is 27.4 Å². The zero-order valence-electron chi connectivity index (χ0n) is 10.7. The van der Waals surface area contributed by atoms with Gasteiger partial charge in [-0.2, -0.15) is 0 Å². The van der Waals surface area contributed by atoms with Gasteiger partial charge in [-0.15, -0.1) is 34.0 Å². The Balaban J connectivity index is 0.000001000. The van der Waals surface area contributed by atoms with Crippen molar-refractivity contribution in [1.82, 2.24) is 9.97 Å². The summed E-state index contributed by atoms with van der Waals surface area (Å²) in [6.45, 7) is 0.731. The normalized spacial score (nSPS) is 9.40. The molecule has 20 heavy (non-hydrogen) atoms. The van der Waals surface area contributed by atoms with Crippen molar-refractivity contribution in [3.05, 3.63) is 66.6 Å². The maximum absolute atomic E-state index is 4.39. The van der Waals surface area contributed by atoms with Crippen LogP contribution in [0.15, 0.2) is 61.1 Å². The number of fused-ring (bicyclic) bond motifs is 1. The molecular weight excluding hydrogens is 382 g/mol. The van der Waals surface area contributed by atoms with Crippen LogP contribution in [0.1, 0.15) is 5.56 Å². The minimum Gasteiger partial charge on any atom is -0.365 e. The molecule has 0 aliphatic carbocycles. The summed E-state index contributed by atoms with van der Waals surface area (Å²) in [7, 11) is 0. The average Bonchev–Trinajstić information content (AvgIpc) is 2.46. The van der Waals surface area contributed by atoms with Crippen molar-refractivity contribution in [2.45, 2.75) is 6.54 Å². The van der Waals surface area contributed by atoms with Crippen LogP contribution in [0.3, 0.4) is 0 Å². The molecule has 0 spiro atoms. The highest BCUT2D eigenvalue weighted by Gasteiger charge is 2.00. The zero-order chi connectivity index (χ0) is 12.2.